The highest BCUT2D eigenvalue weighted by atomic mass is 32.2. The van der Waals surface area contributed by atoms with Crippen molar-refractivity contribution in [2.45, 2.75) is 20.0 Å². The first-order valence-corrected chi connectivity index (χ1v) is 6.04. The van der Waals surface area contributed by atoms with Gasteiger partial charge in [-0.15, -0.1) is 0 Å². The molecule has 1 atom stereocenters. The highest BCUT2D eigenvalue weighted by Crippen LogP contribution is 2.36. The van der Waals surface area contributed by atoms with Gasteiger partial charge in [0, 0.05) is 0 Å². The van der Waals surface area contributed by atoms with Crippen LogP contribution >= 0.6 is 11.8 Å². The number of aliphatic hydroxyl groups is 1. The molecular weight excluding hydrogens is 208 g/mol. The molecular formula is C12H16O2S. The molecule has 0 spiro atoms. The molecule has 0 heterocycles. The van der Waals surface area contributed by atoms with Gasteiger partial charge < -0.3 is 5.11 Å². The van der Waals surface area contributed by atoms with Crippen molar-refractivity contribution in [3.8, 4) is 0 Å². The molecule has 0 radical (unpaired) electrons. The van der Waals surface area contributed by atoms with E-state index in [2.05, 4.69) is 0 Å². The Morgan fingerprint density at radius 2 is 1.87 bits per heavy atom. The quantitative estimate of drug-likeness (QED) is 0.857. The van der Waals surface area contributed by atoms with E-state index in [0.29, 0.717) is 0 Å². The third-order valence-corrected chi connectivity index (χ3v) is 3.41. The van der Waals surface area contributed by atoms with E-state index < -0.39 is 11.5 Å². The third-order valence-electron chi connectivity index (χ3n) is 2.51. The molecule has 0 fully saturated rings. The molecule has 0 bridgehead atoms. The number of thioether (sulfide) groups is 1. The normalized spacial score (nSPS) is 13.6. The van der Waals surface area contributed by atoms with E-state index in [1.807, 2.05) is 30.3 Å². The highest BCUT2D eigenvalue weighted by Gasteiger charge is 2.35. The van der Waals surface area contributed by atoms with Crippen LogP contribution in [-0.4, -0.2) is 16.5 Å². The molecule has 0 saturated heterocycles. The summed E-state index contributed by atoms with van der Waals surface area (Å²) in [7, 11) is 0. The Bertz CT molecular complexity index is 333. The van der Waals surface area contributed by atoms with Crippen LogP contribution in [-0.2, 0) is 4.79 Å². The van der Waals surface area contributed by atoms with E-state index in [0.717, 1.165) is 17.3 Å². The lowest BCUT2D eigenvalue weighted by Crippen LogP contribution is -2.29. The van der Waals surface area contributed by atoms with Gasteiger partial charge in [0.1, 0.15) is 0 Å². The van der Waals surface area contributed by atoms with Gasteiger partial charge in [-0.05, 0) is 25.7 Å². The summed E-state index contributed by atoms with van der Waals surface area (Å²) in [5, 5.41) is 10.1. The first-order valence-electron chi connectivity index (χ1n) is 4.81. The summed E-state index contributed by atoms with van der Waals surface area (Å²) in [6.07, 6.45) is 0.987. The van der Waals surface area contributed by atoms with Crippen molar-refractivity contribution in [2.24, 2.45) is 5.41 Å². The zero-order chi connectivity index (χ0) is 11.5. The molecule has 0 amide bonds. The summed E-state index contributed by atoms with van der Waals surface area (Å²) in [6.45, 7) is 3.53. The van der Waals surface area contributed by atoms with Crippen LogP contribution in [0.1, 0.15) is 25.5 Å². The van der Waals surface area contributed by atoms with Crippen LogP contribution in [0.2, 0.25) is 0 Å². The third kappa shape index (κ3) is 2.61. The van der Waals surface area contributed by atoms with Crippen LogP contribution in [0.4, 0.5) is 0 Å². The molecule has 1 unspecified atom stereocenters. The minimum absolute atomic E-state index is 0.00106. The SMILES string of the molecule is CSC(=O)C(C)(C)C(O)c1ccccc1. The van der Waals surface area contributed by atoms with Crippen molar-refractivity contribution < 1.29 is 9.90 Å². The minimum atomic E-state index is -0.751. The smallest absolute Gasteiger partial charge is 0.197 e. The Balaban J connectivity index is 2.94. The molecule has 1 aromatic carbocycles. The number of rotatable bonds is 3. The van der Waals surface area contributed by atoms with Gasteiger partial charge in [-0.3, -0.25) is 4.79 Å². The Kier molecular flexibility index (Phi) is 3.94. The van der Waals surface area contributed by atoms with Gasteiger partial charge >= 0.3 is 0 Å². The Labute approximate surface area is 94.7 Å². The van der Waals surface area contributed by atoms with Crippen molar-refractivity contribution in [2.75, 3.05) is 6.26 Å². The Morgan fingerprint density at radius 3 is 2.33 bits per heavy atom. The maximum atomic E-state index is 11.7. The van der Waals surface area contributed by atoms with E-state index in [1.54, 1.807) is 20.1 Å². The second-order valence-electron chi connectivity index (χ2n) is 4.03. The average Bonchev–Trinajstić information content (AvgIpc) is 2.28. The fourth-order valence-corrected chi connectivity index (χ4v) is 2.06. The van der Waals surface area contributed by atoms with E-state index in [1.165, 1.54) is 0 Å². The van der Waals surface area contributed by atoms with Crippen LogP contribution in [0, 0.1) is 5.41 Å². The van der Waals surface area contributed by atoms with Crippen LogP contribution in [0.25, 0.3) is 0 Å². The number of benzene rings is 1. The Hall–Kier alpha value is -0.800. The largest absolute Gasteiger partial charge is 0.387 e. The van der Waals surface area contributed by atoms with Gasteiger partial charge in [-0.25, -0.2) is 0 Å². The van der Waals surface area contributed by atoms with Gasteiger partial charge in [0.25, 0.3) is 0 Å². The number of hydrogen-bond acceptors (Lipinski definition) is 3. The fourth-order valence-electron chi connectivity index (χ4n) is 1.43. The maximum absolute atomic E-state index is 11.7. The molecule has 1 N–H and O–H groups in total. The summed E-state index contributed by atoms with van der Waals surface area (Å²) in [5.41, 5.74) is 0.0331. The predicted octanol–water partition coefficient (Wildman–Crippen LogP) is 2.64. The maximum Gasteiger partial charge on any atom is 0.197 e. The van der Waals surface area contributed by atoms with Crippen LogP contribution in [0.15, 0.2) is 30.3 Å². The highest BCUT2D eigenvalue weighted by molar-refractivity contribution is 8.13. The molecule has 1 aromatic rings. The molecule has 0 aromatic heterocycles. The van der Waals surface area contributed by atoms with Gasteiger partial charge in [0.05, 0.1) is 11.5 Å². The van der Waals surface area contributed by atoms with Gasteiger partial charge in [0.2, 0.25) is 0 Å². The molecule has 0 aliphatic heterocycles. The number of carbonyl (C=O) groups excluding carboxylic acids is 1. The first-order chi connectivity index (χ1) is 7.00. The number of carbonyl (C=O) groups is 1. The van der Waals surface area contributed by atoms with E-state index in [-0.39, 0.29) is 5.12 Å². The average molecular weight is 224 g/mol. The lowest BCUT2D eigenvalue weighted by Gasteiger charge is -2.28. The Morgan fingerprint density at radius 1 is 1.33 bits per heavy atom. The second-order valence-corrected chi connectivity index (χ2v) is 4.81. The van der Waals surface area contributed by atoms with Crippen LogP contribution in [0.5, 0.6) is 0 Å². The van der Waals surface area contributed by atoms with E-state index in [9.17, 15) is 9.90 Å². The van der Waals surface area contributed by atoms with Crippen molar-refractivity contribution >= 4 is 16.9 Å². The van der Waals surface area contributed by atoms with Gasteiger partial charge in [-0.1, -0.05) is 42.1 Å². The molecule has 15 heavy (non-hydrogen) atoms. The van der Waals surface area contributed by atoms with Gasteiger partial charge in [0.15, 0.2) is 5.12 Å². The molecule has 0 aliphatic carbocycles. The van der Waals surface area contributed by atoms with E-state index >= 15 is 0 Å². The molecule has 82 valence electrons. The molecule has 1 rings (SSSR count). The summed E-state index contributed by atoms with van der Waals surface area (Å²) in [5.74, 6) is 0. The van der Waals surface area contributed by atoms with E-state index in [4.69, 9.17) is 0 Å². The minimum Gasteiger partial charge on any atom is -0.387 e. The molecule has 2 nitrogen and oxygen atoms in total. The molecule has 0 saturated carbocycles. The molecule has 3 heteroatoms. The van der Waals surface area contributed by atoms with Crippen LogP contribution < -0.4 is 0 Å². The molecule has 0 aliphatic rings. The monoisotopic (exact) mass is 224 g/mol. The zero-order valence-electron chi connectivity index (χ0n) is 9.23. The predicted molar refractivity (Wildman–Crippen MR) is 63.7 cm³/mol. The summed E-state index contributed by atoms with van der Waals surface area (Å²) < 4.78 is 0. The topological polar surface area (TPSA) is 37.3 Å². The summed E-state index contributed by atoms with van der Waals surface area (Å²) in [4.78, 5) is 11.7. The second kappa shape index (κ2) is 4.81. The van der Waals surface area contributed by atoms with Crippen LogP contribution in [0.3, 0.4) is 0 Å². The first kappa shape index (κ1) is 12.3. The van der Waals surface area contributed by atoms with Crippen molar-refractivity contribution in [3.63, 3.8) is 0 Å². The summed E-state index contributed by atoms with van der Waals surface area (Å²) >= 11 is 1.16. The van der Waals surface area contributed by atoms with Gasteiger partial charge in [-0.2, -0.15) is 0 Å². The lowest BCUT2D eigenvalue weighted by atomic mass is 9.84. The standard InChI is InChI=1S/C12H16O2S/c1-12(2,11(14)15-3)10(13)9-7-5-4-6-8-9/h4-8,10,13H,1-3H3. The van der Waals surface area contributed by atoms with Crippen molar-refractivity contribution in [1.29, 1.82) is 0 Å². The zero-order valence-corrected chi connectivity index (χ0v) is 10.0. The summed E-state index contributed by atoms with van der Waals surface area (Å²) in [6, 6.07) is 9.27. The lowest BCUT2D eigenvalue weighted by molar-refractivity contribution is -0.123. The number of aliphatic hydroxyl groups excluding tert-OH is 1. The number of hydrogen-bond donors (Lipinski definition) is 1. The van der Waals surface area contributed by atoms with Crippen molar-refractivity contribution in [3.05, 3.63) is 35.9 Å². The van der Waals surface area contributed by atoms with Crippen molar-refractivity contribution in [1.82, 2.24) is 0 Å². The fraction of sp³-hybridized carbons (Fsp3) is 0.417.